The first-order valence-electron chi connectivity index (χ1n) is 6.66. The Morgan fingerprint density at radius 3 is 1.80 bits per heavy atom. The molecule has 1 N–H and O–H groups in total. The Balaban J connectivity index is 0.000000182. The molecule has 1 aliphatic rings. The van der Waals surface area contributed by atoms with Gasteiger partial charge in [-0.05, 0) is 42.5 Å². The molecule has 0 aliphatic heterocycles. The standard InChI is InChI=1S/C13H10.C5H8O2/c1-3-7-12-10(5-1)9-11-6-2-4-8-13(11)12;1-3-4(2)5(6)7/h1-8H,9H2;3H,1-2H3,(H,6,7). The highest BCUT2D eigenvalue weighted by atomic mass is 16.4. The number of fused-ring (bicyclic) bond motifs is 3. The highest BCUT2D eigenvalue weighted by Crippen LogP contribution is 2.35. The normalized spacial score (nSPS) is 12.0. The van der Waals surface area contributed by atoms with Crippen LogP contribution in [0.15, 0.2) is 60.2 Å². The average Bonchev–Trinajstić information content (AvgIpc) is 2.85. The molecule has 0 saturated carbocycles. The zero-order chi connectivity index (χ0) is 14.5. The van der Waals surface area contributed by atoms with E-state index in [0.29, 0.717) is 5.57 Å². The summed E-state index contributed by atoms with van der Waals surface area (Å²) in [4.78, 5) is 9.86. The van der Waals surface area contributed by atoms with E-state index in [2.05, 4.69) is 48.5 Å². The molecule has 102 valence electrons. The fourth-order valence-electron chi connectivity index (χ4n) is 2.20. The van der Waals surface area contributed by atoms with Crippen LogP contribution >= 0.6 is 0 Å². The molecule has 0 saturated heterocycles. The molecule has 0 spiro atoms. The molecule has 3 rings (SSSR count). The largest absolute Gasteiger partial charge is 0.478 e. The number of hydrogen-bond acceptors (Lipinski definition) is 1. The van der Waals surface area contributed by atoms with Gasteiger partial charge in [-0.3, -0.25) is 0 Å². The molecule has 0 heterocycles. The molecule has 2 aromatic carbocycles. The van der Waals surface area contributed by atoms with Gasteiger partial charge in [-0.25, -0.2) is 4.79 Å². The molecule has 2 aromatic rings. The Morgan fingerprint density at radius 1 is 1.00 bits per heavy atom. The van der Waals surface area contributed by atoms with Crippen LogP contribution in [0.2, 0.25) is 0 Å². The van der Waals surface area contributed by atoms with Gasteiger partial charge in [0.15, 0.2) is 0 Å². The minimum absolute atomic E-state index is 0.389. The molecule has 20 heavy (non-hydrogen) atoms. The molecule has 0 aromatic heterocycles. The number of hydrogen-bond donors (Lipinski definition) is 1. The summed E-state index contributed by atoms with van der Waals surface area (Å²) in [5.41, 5.74) is 6.14. The van der Waals surface area contributed by atoms with Crippen molar-refractivity contribution >= 4 is 5.97 Å². The van der Waals surface area contributed by atoms with Gasteiger partial charge in [-0.15, -0.1) is 0 Å². The van der Waals surface area contributed by atoms with Crippen LogP contribution < -0.4 is 0 Å². The maximum absolute atomic E-state index is 9.86. The fraction of sp³-hybridized carbons (Fsp3) is 0.167. The predicted molar refractivity (Wildman–Crippen MR) is 81.8 cm³/mol. The van der Waals surface area contributed by atoms with Gasteiger partial charge in [-0.2, -0.15) is 0 Å². The number of carbonyl (C=O) groups is 1. The Bertz CT molecular complexity index is 610. The van der Waals surface area contributed by atoms with Gasteiger partial charge >= 0.3 is 5.97 Å². The number of carboxylic acids is 1. The lowest BCUT2D eigenvalue weighted by Crippen LogP contribution is -1.93. The minimum Gasteiger partial charge on any atom is -0.478 e. The zero-order valence-corrected chi connectivity index (χ0v) is 11.8. The van der Waals surface area contributed by atoms with E-state index in [-0.39, 0.29) is 0 Å². The van der Waals surface area contributed by atoms with Crippen molar-refractivity contribution in [2.75, 3.05) is 0 Å². The number of allylic oxidation sites excluding steroid dienone is 1. The van der Waals surface area contributed by atoms with Crippen LogP contribution in [-0.2, 0) is 11.2 Å². The van der Waals surface area contributed by atoms with E-state index in [1.807, 2.05) is 0 Å². The second kappa shape index (κ2) is 6.20. The summed E-state index contributed by atoms with van der Waals surface area (Å²) >= 11 is 0. The van der Waals surface area contributed by atoms with Crippen LogP contribution in [0, 0.1) is 0 Å². The molecule has 0 bridgehead atoms. The maximum atomic E-state index is 9.86. The summed E-state index contributed by atoms with van der Waals surface area (Å²) in [6.07, 6.45) is 2.66. The van der Waals surface area contributed by atoms with E-state index >= 15 is 0 Å². The van der Waals surface area contributed by atoms with Gasteiger partial charge in [0.1, 0.15) is 0 Å². The van der Waals surface area contributed by atoms with Crippen molar-refractivity contribution in [3.63, 3.8) is 0 Å². The Kier molecular flexibility index (Phi) is 4.36. The third-order valence-corrected chi connectivity index (χ3v) is 3.48. The number of aliphatic carboxylic acids is 1. The van der Waals surface area contributed by atoms with Gasteiger partial charge in [0.25, 0.3) is 0 Å². The fourth-order valence-corrected chi connectivity index (χ4v) is 2.20. The topological polar surface area (TPSA) is 37.3 Å². The predicted octanol–water partition coefficient (Wildman–Crippen LogP) is 4.30. The van der Waals surface area contributed by atoms with Crippen LogP contribution in [0.1, 0.15) is 25.0 Å². The molecule has 1 aliphatic carbocycles. The van der Waals surface area contributed by atoms with Gasteiger partial charge in [0, 0.05) is 5.57 Å². The molecule has 0 amide bonds. The summed E-state index contributed by atoms with van der Waals surface area (Å²) in [6, 6.07) is 17.3. The van der Waals surface area contributed by atoms with Gasteiger partial charge < -0.3 is 5.11 Å². The molecule has 2 nitrogen and oxygen atoms in total. The van der Waals surface area contributed by atoms with Gasteiger partial charge in [0.2, 0.25) is 0 Å². The van der Waals surface area contributed by atoms with Crippen LogP contribution in [0.3, 0.4) is 0 Å². The van der Waals surface area contributed by atoms with Crippen LogP contribution in [0.25, 0.3) is 11.1 Å². The van der Waals surface area contributed by atoms with Crippen molar-refractivity contribution in [1.29, 1.82) is 0 Å². The summed E-state index contributed by atoms with van der Waals surface area (Å²) in [5.74, 6) is -0.845. The number of benzene rings is 2. The maximum Gasteiger partial charge on any atom is 0.330 e. The first kappa shape index (κ1) is 14.1. The Hall–Kier alpha value is -2.35. The third-order valence-electron chi connectivity index (χ3n) is 3.48. The summed E-state index contributed by atoms with van der Waals surface area (Å²) in [5, 5.41) is 8.11. The lowest BCUT2D eigenvalue weighted by Gasteiger charge is -1.98. The number of carboxylic acid groups (broad SMARTS) is 1. The second-order valence-corrected chi connectivity index (χ2v) is 4.77. The second-order valence-electron chi connectivity index (χ2n) is 4.77. The van der Waals surface area contributed by atoms with E-state index < -0.39 is 5.97 Å². The molecular formula is C18H18O2. The molecular weight excluding hydrogens is 248 g/mol. The third kappa shape index (κ3) is 2.97. The number of rotatable bonds is 1. The van der Waals surface area contributed by atoms with E-state index in [1.54, 1.807) is 19.9 Å². The first-order valence-corrected chi connectivity index (χ1v) is 6.66. The van der Waals surface area contributed by atoms with Crippen molar-refractivity contribution in [2.45, 2.75) is 20.3 Å². The van der Waals surface area contributed by atoms with E-state index in [0.717, 1.165) is 6.42 Å². The average molecular weight is 266 g/mol. The molecule has 0 unspecified atom stereocenters. The highest BCUT2D eigenvalue weighted by Gasteiger charge is 2.15. The SMILES string of the molecule is CC=C(C)C(=O)O.c1ccc2c(c1)Cc1ccccc1-2. The van der Waals surface area contributed by atoms with Crippen LogP contribution in [0.4, 0.5) is 0 Å². The lowest BCUT2D eigenvalue weighted by atomic mass is 10.1. The monoisotopic (exact) mass is 266 g/mol. The van der Waals surface area contributed by atoms with Crippen LogP contribution in [0.5, 0.6) is 0 Å². The minimum atomic E-state index is -0.845. The smallest absolute Gasteiger partial charge is 0.330 e. The van der Waals surface area contributed by atoms with E-state index in [1.165, 1.54) is 22.3 Å². The van der Waals surface area contributed by atoms with Crippen molar-refractivity contribution < 1.29 is 9.90 Å². The first-order chi connectivity index (χ1) is 9.63. The highest BCUT2D eigenvalue weighted by molar-refractivity contribution is 5.85. The Morgan fingerprint density at radius 2 is 1.45 bits per heavy atom. The van der Waals surface area contributed by atoms with Crippen LogP contribution in [-0.4, -0.2) is 11.1 Å². The lowest BCUT2D eigenvalue weighted by molar-refractivity contribution is -0.132. The molecule has 0 radical (unpaired) electrons. The van der Waals surface area contributed by atoms with E-state index in [9.17, 15) is 4.79 Å². The Labute approximate surface area is 119 Å². The van der Waals surface area contributed by atoms with Gasteiger partial charge in [0.05, 0.1) is 0 Å². The summed E-state index contributed by atoms with van der Waals surface area (Å²) in [6.45, 7) is 3.26. The zero-order valence-electron chi connectivity index (χ0n) is 11.8. The van der Waals surface area contributed by atoms with Crippen molar-refractivity contribution in [2.24, 2.45) is 0 Å². The molecule has 2 heteroatoms. The van der Waals surface area contributed by atoms with Crippen molar-refractivity contribution in [3.05, 3.63) is 71.3 Å². The molecule has 0 fully saturated rings. The quantitative estimate of drug-likeness (QED) is 0.667. The summed E-state index contributed by atoms with van der Waals surface area (Å²) in [7, 11) is 0. The van der Waals surface area contributed by atoms with Crippen molar-refractivity contribution in [1.82, 2.24) is 0 Å². The molecule has 0 atom stereocenters. The van der Waals surface area contributed by atoms with Gasteiger partial charge in [-0.1, -0.05) is 54.6 Å². The van der Waals surface area contributed by atoms with Crippen molar-refractivity contribution in [3.8, 4) is 11.1 Å². The van der Waals surface area contributed by atoms with E-state index in [4.69, 9.17) is 5.11 Å². The summed E-state index contributed by atoms with van der Waals surface area (Å²) < 4.78 is 0.